The lowest BCUT2D eigenvalue weighted by atomic mass is 10.4. The van der Waals surface area contributed by atoms with Gasteiger partial charge in [0.25, 0.3) is 0 Å². The van der Waals surface area contributed by atoms with Crippen LogP contribution < -0.4 is 5.11 Å². The minimum absolute atomic E-state index is 0.0526. The van der Waals surface area contributed by atoms with E-state index in [2.05, 4.69) is 0 Å². The lowest BCUT2D eigenvalue weighted by Gasteiger charge is -2.06. The SMILES string of the molecule is O=C([O-])CCS(=O)(=O)c1ccc(Cl)c(Cl)c1. The van der Waals surface area contributed by atoms with E-state index in [-0.39, 0.29) is 14.9 Å². The molecule has 0 fully saturated rings. The van der Waals surface area contributed by atoms with Gasteiger partial charge in [-0.1, -0.05) is 23.2 Å². The van der Waals surface area contributed by atoms with Crippen LogP contribution in [0.1, 0.15) is 6.42 Å². The molecule has 0 aliphatic heterocycles. The molecule has 0 atom stereocenters. The molecule has 0 spiro atoms. The Morgan fingerprint density at radius 1 is 1.25 bits per heavy atom. The lowest BCUT2D eigenvalue weighted by Crippen LogP contribution is -2.25. The minimum Gasteiger partial charge on any atom is -0.550 e. The second kappa shape index (κ2) is 5.03. The van der Waals surface area contributed by atoms with Gasteiger partial charge in [-0.2, -0.15) is 0 Å². The zero-order valence-electron chi connectivity index (χ0n) is 7.94. The number of hydrogen-bond acceptors (Lipinski definition) is 4. The largest absolute Gasteiger partial charge is 0.550 e. The standard InChI is InChI=1S/C9H8Cl2O4S/c10-7-2-1-6(5-8(7)11)16(14,15)4-3-9(12)13/h1-2,5H,3-4H2,(H,12,13)/p-1. The van der Waals surface area contributed by atoms with Crippen molar-refractivity contribution in [3.05, 3.63) is 28.2 Å². The van der Waals surface area contributed by atoms with E-state index in [1.807, 2.05) is 0 Å². The van der Waals surface area contributed by atoms with Crippen molar-refractivity contribution < 1.29 is 18.3 Å². The first kappa shape index (κ1) is 13.3. The van der Waals surface area contributed by atoms with Crippen LogP contribution in [0.4, 0.5) is 0 Å². The van der Waals surface area contributed by atoms with Crippen molar-refractivity contribution in [2.75, 3.05) is 5.75 Å². The van der Waals surface area contributed by atoms with Crippen LogP contribution >= 0.6 is 23.2 Å². The first-order chi connectivity index (χ1) is 7.33. The normalized spacial score (nSPS) is 11.4. The first-order valence-corrected chi connectivity index (χ1v) is 6.61. The summed E-state index contributed by atoms with van der Waals surface area (Å²) >= 11 is 11.3. The highest BCUT2D eigenvalue weighted by atomic mass is 35.5. The molecule has 1 aromatic carbocycles. The van der Waals surface area contributed by atoms with E-state index in [9.17, 15) is 18.3 Å². The van der Waals surface area contributed by atoms with Gasteiger partial charge in [0.15, 0.2) is 9.84 Å². The second-order valence-corrected chi connectivity index (χ2v) is 5.94. The maximum absolute atomic E-state index is 11.6. The Balaban J connectivity index is 2.99. The molecule has 0 N–H and O–H groups in total. The summed E-state index contributed by atoms with van der Waals surface area (Å²) in [7, 11) is -3.66. The van der Waals surface area contributed by atoms with Crippen molar-refractivity contribution in [3.63, 3.8) is 0 Å². The number of carbonyl (C=O) groups excluding carboxylic acids is 1. The van der Waals surface area contributed by atoms with Crippen LogP contribution in [-0.2, 0) is 14.6 Å². The van der Waals surface area contributed by atoms with E-state index < -0.39 is 28.0 Å². The van der Waals surface area contributed by atoms with Gasteiger partial charge in [0, 0.05) is 12.4 Å². The van der Waals surface area contributed by atoms with Gasteiger partial charge in [-0.05, 0) is 18.2 Å². The number of benzene rings is 1. The van der Waals surface area contributed by atoms with Gasteiger partial charge in [0.05, 0.1) is 20.7 Å². The molecule has 0 aliphatic carbocycles. The predicted molar refractivity (Wildman–Crippen MR) is 58.1 cm³/mol. The third-order valence-electron chi connectivity index (χ3n) is 1.83. The molecule has 0 bridgehead atoms. The molecule has 88 valence electrons. The quantitative estimate of drug-likeness (QED) is 0.822. The molecular formula is C9H7Cl2O4S-. The fourth-order valence-electron chi connectivity index (χ4n) is 1.01. The molecule has 16 heavy (non-hydrogen) atoms. The van der Waals surface area contributed by atoms with Crippen LogP contribution in [0.2, 0.25) is 10.0 Å². The number of carbonyl (C=O) groups is 1. The maximum atomic E-state index is 11.6. The van der Waals surface area contributed by atoms with Gasteiger partial charge in [-0.15, -0.1) is 0 Å². The van der Waals surface area contributed by atoms with Gasteiger partial charge in [0.1, 0.15) is 0 Å². The second-order valence-electron chi connectivity index (χ2n) is 3.02. The average molecular weight is 282 g/mol. The Hall–Kier alpha value is -0.780. The third kappa shape index (κ3) is 3.37. The molecule has 0 heterocycles. The van der Waals surface area contributed by atoms with Gasteiger partial charge >= 0.3 is 0 Å². The van der Waals surface area contributed by atoms with Crippen LogP contribution in [0.25, 0.3) is 0 Å². The Kier molecular flexibility index (Phi) is 4.18. The minimum atomic E-state index is -3.66. The fraction of sp³-hybridized carbons (Fsp3) is 0.222. The number of aliphatic carboxylic acids is 1. The van der Waals surface area contributed by atoms with Crippen molar-refractivity contribution in [1.29, 1.82) is 0 Å². The van der Waals surface area contributed by atoms with Crippen molar-refractivity contribution in [3.8, 4) is 0 Å². The monoisotopic (exact) mass is 281 g/mol. The molecule has 7 heteroatoms. The van der Waals surface area contributed by atoms with Gasteiger partial charge in [0.2, 0.25) is 0 Å². The molecule has 0 saturated carbocycles. The number of sulfone groups is 1. The molecule has 0 unspecified atom stereocenters. The summed E-state index contributed by atoms with van der Waals surface area (Å²) in [6.45, 7) is 0. The van der Waals surface area contributed by atoms with Crippen molar-refractivity contribution in [2.45, 2.75) is 11.3 Å². The molecule has 0 saturated heterocycles. The molecule has 1 aromatic rings. The summed E-state index contributed by atoms with van der Waals surface area (Å²) in [5.41, 5.74) is 0. The zero-order chi connectivity index (χ0) is 12.3. The molecule has 0 radical (unpaired) electrons. The summed E-state index contributed by atoms with van der Waals surface area (Å²) in [5.74, 6) is -1.93. The Morgan fingerprint density at radius 2 is 1.88 bits per heavy atom. The smallest absolute Gasteiger partial charge is 0.178 e. The Morgan fingerprint density at radius 3 is 2.38 bits per heavy atom. The summed E-state index contributed by atoms with van der Waals surface area (Å²) in [5, 5.41) is 10.5. The van der Waals surface area contributed by atoms with Gasteiger partial charge < -0.3 is 9.90 Å². The predicted octanol–water partition coefficient (Wildman–Crippen LogP) is 0.907. The van der Waals surface area contributed by atoms with E-state index in [0.717, 1.165) is 0 Å². The Labute approximate surface area is 103 Å². The summed E-state index contributed by atoms with van der Waals surface area (Å²) in [4.78, 5) is 10.1. The van der Waals surface area contributed by atoms with Gasteiger partial charge in [-0.3, -0.25) is 0 Å². The number of halogens is 2. The van der Waals surface area contributed by atoms with Gasteiger partial charge in [-0.25, -0.2) is 8.42 Å². The number of rotatable bonds is 4. The van der Waals surface area contributed by atoms with E-state index in [1.54, 1.807) is 0 Å². The maximum Gasteiger partial charge on any atom is 0.178 e. The van der Waals surface area contributed by atoms with Crippen LogP contribution in [0.5, 0.6) is 0 Å². The highest BCUT2D eigenvalue weighted by Crippen LogP contribution is 2.25. The summed E-state index contributed by atoms with van der Waals surface area (Å²) < 4.78 is 23.2. The van der Waals surface area contributed by atoms with E-state index in [1.165, 1.54) is 18.2 Å². The van der Waals surface area contributed by atoms with Crippen molar-refractivity contribution in [1.82, 2.24) is 0 Å². The lowest BCUT2D eigenvalue weighted by molar-refractivity contribution is -0.305. The number of carboxylic acids is 1. The molecule has 0 aliphatic rings. The molecule has 1 rings (SSSR count). The number of hydrogen-bond donors (Lipinski definition) is 0. The molecule has 4 nitrogen and oxygen atoms in total. The topological polar surface area (TPSA) is 74.3 Å². The van der Waals surface area contributed by atoms with Crippen molar-refractivity contribution in [2.24, 2.45) is 0 Å². The van der Waals surface area contributed by atoms with Crippen LogP contribution in [0.15, 0.2) is 23.1 Å². The highest BCUT2D eigenvalue weighted by Gasteiger charge is 2.15. The van der Waals surface area contributed by atoms with Crippen molar-refractivity contribution >= 4 is 39.0 Å². The van der Waals surface area contributed by atoms with Crippen LogP contribution in [-0.4, -0.2) is 20.1 Å². The third-order valence-corrected chi connectivity index (χ3v) is 4.28. The van der Waals surface area contributed by atoms with E-state index in [4.69, 9.17) is 23.2 Å². The van der Waals surface area contributed by atoms with Crippen LogP contribution in [0, 0.1) is 0 Å². The number of carboxylic acid groups (broad SMARTS) is 1. The molecule has 0 amide bonds. The summed E-state index contributed by atoms with van der Waals surface area (Å²) in [6, 6.07) is 3.81. The molecular weight excluding hydrogens is 275 g/mol. The van der Waals surface area contributed by atoms with E-state index >= 15 is 0 Å². The highest BCUT2D eigenvalue weighted by molar-refractivity contribution is 7.91. The fourth-order valence-corrected chi connectivity index (χ4v) is 2.61. The van der Waals surface area contributed by atoms with E-state index in [0.29, 0.717) is 0 Å². The zero-order valence-corrected chi connectivity index (χ0v) is 10.3. The average Bonchev–Trinajstić information content (AvgIpc) is 2.19. The first-order valence-electron chi connectivity index (χ1n) is 4.20. The van der Waals surface area contributed by atoms with Crippen LogP contribution in [0.3, 0.4) is 0 Å². The summed E-state index contributed by atoms with van der Waals surface area (Å²) in [6.07, 6.45) is -0.553. The molecule has 0 aromatic heterocycles. The Bertz CT molecular complexity index is 510.